The number of thiazole rings is 1. The summed E-state index contributed by atoms with van der Waals surface area (Å²) in [5.74, 6) is -0.807. The molecule has 2 N–H and O–H groups in total. The molecule has 1 aromatic heterocycles. The van der Waals surface area contributed by atoms with Gasteiger partial charge in [-0.15, -0.1) is 0 Å². The summed E-state index contributed by atoms with van der Waals surface area (Å²) in [5.41, 5.74) is 1.19. The van der Waals surface area contributed by atoms with E-state index < -0.39 is 11.9 Å². The maximum absolute atomic E-state index is 13.1. The number of nitrogens with zero attached hydrogens (tertiary/aromatic N) is 1. The van der Waals surface area contributed by atoms with Gasteiger partial charge in [-0.05, 0) is 29.8 Å². The fourth-order valence-corrected chi connectivity index (χ4v) is 2.99. The highest BCUT2D eigenvalue weighted by molar-refractivity contribution is 7.22. The van der Waals surface area contributed by atoms with Crippen molar-refractivity contribution in [2.75, 3.05) is 5.32 Å². The Labute approximate surface area is 130 Å². The first-order valence-electron chi connectivity index (χ1n) is 6.71. The number of amides is 1. The van der Waals surface area contributed by atoms with E-state index in [0.29, 0.717) is 10.7 Å². The molecule has 0 saturated carbocycles. The number of nitrogens with one attached hydrogen (secondary N) is 1. The van der Waals surface area contributed by atoms with Crippen LogP contribution in [0, 0.1) is 5.82 Å². The van der Waals surface area contributed by atoms with E-state index in [1.165, 1.54) is 29.5 Å². The molecule has 0 saturated heterocycles. The van der Waals surface area contributed by atoms with E-state index in [1.54, 1.807) is 6.07 Å². The molecule has 6 heteroatoms. The van der Waals surface area contributed by atoms with Crippen LogP contribution in [0.3, 0.4) is 0 Å². The number of fused-ring (bicyclic) bond motifs is 1. The van der Waals surface area contributed by atoms with Gasteiger partial charge in [0.2, 0.25) is 5.91 Å². The Balaban J connectivity index is 1.67. The molecule has 1 heterocycles. The van der Waals surface area contributed by atoms with E-state index >= 15 is 0 Å². The van der Waals surface area contributed by atoms with Crippen molar-refractivity contribution in [1.82, 2.24) is 4.98 Å². The number of hydrogen-bond acceptors (Lipinski definition) is 4. The second-order valence-electron chi connectivity index (χ2n) is 4.81. The number of rotatable bonds is 4. The van der Waals surface area contributed by atoms with E-state index in [9.17, 15) is 14.3 Å². The van der Waals surface area contributed by atoms with Crippen molar-refractivity contribution in [3.63, 3.8) is 0 Å². The zero-order valence-corrected chi connectivity index (χ0v) is 12.3. The minimum Gasteiger partial charge on any atom is -0.388 e. The highest BCUT2D eigenvalue weighted by Crippen LogP contribution is 2.26. The second-order valence-corrected chi connectivity index (χ2v) is 5.84. The van der Waals surface area contributed by atoms with Gasteiger partial charge in [-0.25, -0.2) is 9.37 Å². The molecule has 22 heavy (non-hydrogen) atoms. The van der Waals surface area contributed by atoms with Gasteiger partial charge in [-0.2, -0.15) is 0 Å². The topological polar surface area (TPSA) is 62.2 Å². The number of hydrogen-bond donors (Lipinski definition) is 2. The number of carbonyl (C=O) groups is 1. The van der Waals surface area contributed by atoms with Crippen LogP contribution in [0.5, 0.6) is 0 Å². The predicted octanol–water partition coefficient (Wildman–Crippen LogP) is 3.50. The smallest absolute Gasteiger partial charge is 0.229 e. The summed E-state index contributed by atoms with van der Waals surface area (Å²) >= 11 is 1.37. The molecule has 2 aromatic carbocycles. The monoisotopic (exact) mass is 316 g/mol. The molecule has 0 radical (unpaired) electrons. The molecule has 0 fully saturated rings. The van der Waals surface area contributed by atoms with Crippen molar-refractivity contribution >= 4 is 32.6 Å². The highest BCUT2D eigenvalue weighted by atomic mass is 32.1. The summed E-state index contributed by atoms with van der Waals surface area (Å²) in [6.07, 6.45) is -1.20. The van der Waals surface area contributed by atoms with Crippen LogP contribution in [0.4, 0.5) is 9.52 Å². The van der Waals surface area contributed by atoms with Crippen LogP contribution >= 0.6 is 11.3 Å². The lowest BCUT2D eigenvalue weighted by Gasteiger charge is -2.10. The lowest BCUT2D eigenvalue weighted by Crippen LogP contribution is -2.15. The van der Waals surface area contributed by atoms with Crippen molar-refractivity contribution < 1.29 is 14.3 Å². The molecular weight excluding hydrogens is 303 g/mol. The third-order valence-electron chi connectivity index (χ3n) is 3.15. The zero-order valence-electron chi connectivity index (χ0n) is 11.5. The summed E-state index contributed by atoms with van der Waals surface area (Å²) in [6, 6.07) is 13.2. The average molecular weight is 316 g/mol. The molecule has 1 atom stereocenters. The molecule has 112 valence electrons. The van der Waals surface area contributed by atoms with Gasteiger partial charge in [0.1, 0.15) is 5.82 Å². The van der Waals surface area contributed by atoms with Gasteiger partial charge in [-0.1, -0.05) is 35.6 Å². The Kier molecular flexibility index (Phi) is 4.13. The van der Waals surface area contributed by atoms with Crippen molar-refractivity contribution in [1.29, 1.82) is 0 Å². The number of aliphatic hydroxyl groups excluding tert-OH is 1. The van der Waals surface area contributed by atoms with Crippen LogP contribution in [0.1, 0.15) is 18.1 Å². The first kappa shape index (κ1) is 14.6. The van der Waals surface area contributed by atoms with Crippen LogP contribution in [-0.2, 0) is 4.79 Å². The van der Waals surface area contributed by atoms with Crippen LogP contribution in [-0.4, -0.2) is 16.0 Å². The van der Waals surface area contributed by atoms with E-state index in [4.69, 9.17) is 0 Å². The molecule has 3 aromatic rings. The van der Waals surface area contributed by atoms with Gasteiger partial charge in [0, 0.05) is 0 Å². The number of para-hydroxylation sites is 1. The average Bonchev–Trinajstić information content (AvgIpc) is 2.89. The molecule has 0 bridgehead atoms. The van der Waals surface area contributed by atoms with E-state index in [0.717, 1.165) is 10.2 Å². The predicted molar refractivity (Wildman–Crippen MR) is 84.2 cm³/mol. The summed E-state index contributed by atoms with van der Waals surface area (Å²) in [7, 11) is 0. The van der Waals surface area contributed by atoms with Crippen LogP contribution in [0.25, 0.3) is 10.2 Å². The molecule has 1 unspecified atom stereocenters. The fourth-order valence-electron chi connectivity index (χ4n) is 2.10. The van der Waals surface area contributed by atoms with Crippen LogP contribution in [0.2, 0.25) is 0 Å². The van der Waals surface area contributed by atoms with Crippen LogP contribution in [0.15, 0.2) is 48.5 Å². The van der Waals surface area contributed by atoms with Crippen LogP contribution < -0.4 is 5.32 Å². The molecule has 4 nitrogen and oxygen atoms in total. The molecule has 0 aliphatic carbocycles. The van der Waals surface area contributed by atoms with Gasteiger partial charge in [0.25, 0.3) is 0 Å². The number of anilines is 1. The van der Waals surface area contributed by atoms with Gasteiger partial charge < -0.3 is 10.4 Å². The number of benzene rings is 2. The second kappa shape index (κ2) is 6.21. The Hall–Kier alpha value is -2.31. The van der Waals surface area contributed by atoms with Gasteiger partial charge in [0.15, 0.2) is 5.13 Å². The largest absolute Gasteiger partial charge is 0.388 e. The fraction of sp³-hybridized carbons (Fsp3) is 0.125. The molecule has 0 spiro atoms. The standard InChI is InChI=1S/C16H13FN2O2S/c17-11-5-3-4-10(8-11)13(20)9-15(21)19-16-18-12-6-1-2-7-14(12)22-16/h1-8,13,20H,9H2,(H,18,19,21). The lowest BCUT2D eigenvalue weighted by molar-refractivity contribution is -0.118. The summed E-state index contributed by atoms with van der Waals surface area (Å²) in [5, 5.41) is 13.1. The summed E-state index contributed by atoms with van der Waals surface area (Å²) in [6.45, 7) is 0. The maximum atomic E-state index is 13.1. The molecular formula is C16H13FN2O2S. The highest BCUT2D eigenvalue weighted by Gasteiger charge is 2.15. The Bertz CT molecular complexity index is 786. The number of halogens is 1. The molecule has 0 aliphatic heterocycles. The van der Waals surface area contributed by atoms with Gasteiger partial charge in [0.05, 0.1) is 22.7 Å². The summed E-state index contributed by atoms with van der Waals surface area (Å²) < 4.78 is 14.1. The number of aromatic nitrogens is 1. The molecule has 1 amide bonds. The van der Waals surface area contributed by atoms with Crippen molar-refractivity contribution in [2.45, 2.75) is 12.5 Å². The number of carbonyl (C=O) groups excluding carboxylic acids is 1. The Morgan fingerprint density at radius 3 is 2.86 bits per heavy atom. The Morgan fingerprint density at radius 1 is 1.27 bits per heavy atom. The number of aliphatic hydroxyl groups is 1. The van der Waals surface area contributed by atoms with Crippen molar-refractivity contribution in [3.05, 3.63) is 59.9 Å². The first-order chi connectivity index (χ1) is 10.6. The van der Waals surface area contributed by atoms with E-state index in [-0.39, 0.29) is 12.3 Å². The SMILES string of the molecule is O=C(CC(O)c1cccc(F)c1)Nc1nc2ccccc2s1. The lowest BCUT2D eigenvalue weighted by atomic mass is 10.1. The maximum Gasteiger partial charge on any atom is 0.229 e. The first-order valence-corrected chi connectivity index (χ1v) is 7.52. The normalized spacial score (nSPS) is 12.3. The zero-order chi connectivity index (χ0) is 15.5. The van der Waals surface area contributed by atoms with Crippen molar-refractivity contribution in [2.24, 2.45) is 0 Å². The third-order valence-corrected chi connectivity index (χ3v) is 4.10. The Morgan fingerprint density at radius 2 is 2.09 bits per heavy atom. The minimum atomic E-state index is -1.05. The van der Waals surface area contributed by atoms with Gasteiger partial charge in [-0.3, -0.25) is 4.79 Å². The molecule has 3 rings (SSSR count). The quantitative estimate of drug-likeness (QED) is 0.774. The van der Waals surface area contributed by atoms with Crippen molar-refractivity contribution in [3.8, 4) is 0 Å². The van der Waals surface area contributed by atoms with Gasteiger partial charge >= 0.3 is 0 Å². The summed E-state index contributed by atoms with van der Waals surface area (Å²) in [4.78, 5) is 16.3. The van der Waals surface area contributed by atoms with E-state index in [2.05, 4.69) is 10.3 Å². The van der Waals surface area contributed by atoms with E-state index in [1.807, 2.05) is 24.3 Å². The third kappa shape index (κ3) is 3.29. The minimum absolute atomic E-state index is 0.153. The molecule has 0 aliphatic rings.